The summed E-state index contributed by atoms with van der Waals surface area (Å²) in [5.41, 5.74) is 0.556. The summed E-state index contributed by atoms with van der Waals surface area (Å²) in [4.78, 5) is 25.2. The van der Waals surface area contributed by atoms with Crippen LogP contribution in [0.4, 0.5) is 0 Å². The SMILES string of the molecule is CC(=O)N(CCNC(=O)c1ccccc1)C1CCS(=O)(=O)C1. The Morgan fingerprint density at radius 1 is 1.27 bits per heavy atom. The van der Waals surface area contributed by atoms with Gasteiger partial charge in [-0.2, -0.15) is 0 Å². The average Bonchev–Trinajstić information content (AvgIpc) is 2.83. The highest BCUT2D eigenvalue weighted by Crippen LogP contribution is 2.17. The van der Waals surface area contributed by atoms with Gasteiger partial charge in [-0.1, -0.05) is 18.2 Å². The van der Waals surface area contributed by atoms with Crippen LogP contribution in [-0.2, 0) is 14.6 Å². The smallest absolute Gasteiger partial charge is 0.251 e. The lowest BCUT2D eigenvalue weighted by Crippen LogP contribution is -2.44. The molecule has 1 saturated heterocycles. The van der Waals surface area contributed by atoms with E-state index in [1.54, 1.807) is 24.3 Å². The number of amides is 2. The number of nitrogens with zero attached hydrogens (tertiary/aromatic N) is 1. The van der Waals surface area contributed by atoms with Crippen molar-refractivity contribution < 1.29 is 18.0 Å². The molecule has 2 amide bonds. The van der Waals surface area contributed by atoms with Crippen LogP contribution < -0.4 is 5.32 Å². The van der Waals surface area contributed by atoms with Crippen LogP contribution in [0.25, 0.3) is 0 Å². The first-order chi connectivity index (χ1) is 10.4. The van der Waals surface area contributed by atoms with E-state index in [0.29, 0.717) is 25.1 Å². The number of hydrogen-bond donors (Lipinski definition) is 1. The Hall–Kier alpha value is -1.89. The van der Waals surface area contributed by atoms with Crippen LogP contribution in [-0.4, -0.2) is 55.8 Å². The molecule has 2 rings (SSSR count). The molecule has 0 aromatic heterocycles. The van der Waals surface area contributed by atoms with Gasteiger partial charge in [-0.05, 0) is 18.6 Å². The number of nitrogens with one attached hydrogen (secondary N) is 1. The van der Waals surface area contributed by atoms with E-state index in [9.17, 15) is 18.0 Å². The lowest BCUT2D eigenvalue weighted by molar-refractivity contribution is -0.130. The second-order valence-electron chi connectivity index (χ2n) is 5.39. The van der Waals surface area contributed by atoms with E-state index < -0.39 is 9.84 Å². The third-order valence-corrected chi connectivity index (χ3v) is 5.48. The zero-order chi connectivity index (χ0) is 16.2. The summed E-state index contributed by atoms with van der Waals surface area (Å²) in [6.45, 7) is 2.03. The summed E-state index contributed by atoms with van der Waals surface area (Å²) in [7, 11) is -3.04. The molecule has 1 aliphatic heterocycles. The van der Waals surface area contributed by atoms with Crippen molar-refractivity contribution in [2.75, 3.05) is 24.6 Å². The van der Waals surface area contributed by atoms with Crippen LogP contribution in [0.5, 0.6) is 0 Å². The molecule has 0 aliphatic carbocycles. The second-order valence-corrected chi connectivity index (χ2v) is 7.62. The van der Waals surface area contributed by atoms with Crippen molar-refractivity contribution in [3.63, 3.8) is 0 Å². The molecule has 0 bridgehead atoms. The Morgan fingerprint density at radius 2 is 1.95 bits per heavy atom. The zero-order valence-electron chi connectivity index (χ0n) is 12.5. The van der Waals surface area contributed by atoms with Gasteiger partial charge < -0.3 is 10.2 Å². The normalized spacial score (nSPS) is 19.6. The van der Waals surface area contributed by atoms with Crippen molar-refractivity contribution in [1.82, 2.24) is 10.2 Å². The van der Waals surface area contributed by atoms with Gasteiger partial charge in [-0.15, -0.1) is 0 Å². The second kappa shape index (κ2) is 6.91. The van der Waals surface area contributed by atoms with E-state index >= 15 is 0 Å². The number of sulfone groups is 1. The first-order valence-corrected chi connectivity index (χ1v) is 9.02. The number of carbonyl (C=O) groups is 2. The first kappa shape index (κ1) is 16.5. The van der Waals surface area contributed by atoms with Crippen molar-refractivity contribution in [2.24, 2.45) is 0 Å². The lowest BCUT2D eigenvalue weighted by Gasteiger charge is -2.27. The predicted molar refractivity (Wildman–Crippen MR) is 83.2 cm³/mol. The number of benzene rings is 1. The molecule has 1 unspecified atom stereocenters. The molecular formula is C15H20N2O4S. The minimum absolute atomic E-state index is 0.0131. The zero-order valence-corrected chi connectivity index (χ0v) is 13.3. The highest BCUT2D eigenvalue weighted by atomic mass is 32.2. The van der Waals surface area contributed by atoms with Gasteiger partial charge in [-0.3, -0.25) is 9.59 Å². The van der Waals surface area contributed by atoms with Gasteiger partial charge in [0.05, 0.1) is 11.5 Å². The predicted octanol–water partition coefficient (Wildman–Crippen LogP) is 0.452. The van der Waals surface area contributed by atoms with Crippen molar-refractivity contribution in [3.05, 3.63) is 35.9 Å². The van der Waals surface area contributed by atoms with Crippen molar-refractivity contribution in [1.29, 1.82) is 0 Å². The molecule has 0 saturated carbocycles. The fourth-order valence-electron chi connectivity index (χ4n) is 2.60. The minimum atomic E-state index is -3.04. The van der Waals surface area contributed by atoms with E-state index in [1.165, 1.54) is 11.8 Å². The van der Waals surface area contributed by atoms with Gasteiger partial charge >= 0.3 is 0 Å². The first-order valence-electron chi connectivity index (χ1n) is 7.20. The molecule has 22 heavy (non-hydrogen) atoms. The Balaban J connectivity index is 1.88. The summed E-state index contributed by atoms with van der Waals surface area (Å²) in [5.74, 6) is -0.240. The third-order valence-electron chi connectivity index (χ3n) is 3.73. The highest BCUT2D eigenvalue weighted by molar-refractivity contribution is 7.91. The van der Waals surface area contributed by atoms with Crippen LogP contribution in [0.15, 0.2) is 30.3 Å². The molecule has 0 radical (unpaired) electrons. The quantitative estimate of drug-likeness (QED) is 0.852. The van der Waals surface area contributed by atoms with Gasteiger partial charge in [0.1, 0.15) is 0 Å². The third kappa shape index (κ3) is 4.30. The van der Waals surface area contributed by atoms with Crippen LogP contribution in [0.2, 0.25) is 0 Å². The molecule has 1 atom stereocenters. The van der Waals surface area contributed by atoms with Crippen LogP contribution in [0, 0.1) is 0 Å². The topological polar surface area (TPSA) is 83.6 Å². The van der Waals surface area contributed by atoms with E-state index in [0.717, 1.165) is 0 Å². The largest absolute Gasteiger partial charge is 0.350 e. The fraction of sp³-hybridized carbons (Fsp3) is 0.467. The molecule has 0 spiro atoms. The summed E-state index contributed by atoms with van der Waals surface area (Å²) in [6.07, 6.45) is 0.467. The maximum absolute atomic E-state index is 11.9. The van der Waals surface area contributed by atoms with E-state index in [4.69, 9.17) is 0 Å². The molecular weight excluding hydrogens is 304 g/mol. The monoisotopic (exact) mass is 324 g/mol. The standard InChI is InChI=1S/C15H20N2O4S/c1-12(18)17(14-7-10-22(20,21)11-14)9-8-16-15(19)13-5-3-2-4-6-13/h2-6,14H,7-11H2,1H3,(H,16,19). The molecule has 1 aromatic carbocycles. The summed E-state index contributed by atoms with van der Waals surface area (Å²) in [5, 5.41) is 2.75. The number of rotatable bonds is 5. The summed E-state index contributed by atoms with van der Waals surface area (Å²) in [6, 6.07) is 8.52. The van der Waals surface area contributed by atoms with Crippen molar-refractivity contribution in [3.8, 4) is 0 Å². The summed E-state index contributed by atoms with van der Waals surface area (Å²) >= 11 is 0. The molecule has 6 nitrogen and oxygen atoms in total. The Morgan fingerprint density at radius 3 is 2.50 bits per heavy atom. The van der Waals surface area contributed by atoms with Crippen molar-refractivity contribution >= 4 is 21.7 Å². The Kier molecular flexibility index (Phi) is 5.18. The van der Waals surface area contributed by atoms with E-state index in [-0.39, 0.29) is 29.4 Å². The summed E-state index contributed by atoms with van der Waals surface area (Å²) < 4.78 is 23.1. The molecule has 120 valence electrons. The van der Waals surface area contributed by atoms with E-state index in [2.05, 4.69) is 5.32 Å². The molecule has 7 heteroatoms. The van der Waals surface area contributed by atoms with Crippen LogP contribution in [0.1, 0.15) is 23.7 Å². The van der Waals surface area contributed by atoms with Gasteiger partial charge in [0.25, 0.3) is 5.91 Å². The molecule has 1 aliphatic rings. The number of carbonyl (C=O) groups excluding carboxylic acids is 2. The van der Waals surface area contributed by atoms with Gasteiger partial charge in [0.2, 0.25) is 5.91 Å². The Bertz CT molecular complexity index is 643. The average molecular weight is 324 g/mol. The van der Waals surface area contributed by atoms with E-state index in [1.807, 2.05) is 6.07 Å². The maximum Gasteiger partial charge on any atom is 0.251 e. The van der Waals surface area contributed by atoms with Gasteiger partial charge in [-0.25, -0.2) is 8.42 Å². The van der Waals surface area contributed by atoms with Crippen LogP contribution >= 0.6 is 0 Å². The minimum Gasteiger partial charge on any atom is -0.350 e. The molecule has 1 aromatic rings. The Labute approximate surface area is 130 Å². The van der Waals surface area contributed by atoms with Crippen molar-refractivity contribution in [2.45, 2.75) is 19.4 Å². The maximum atomic E-state index is 11.9. The molecule has 1 fully saturated rings. The molecule has 1 N–H and O–H groups in total. The fourth-order valence-corrected chi connectivity index (χ4v) is 4.33. The van der Waals surface area contributed by atoms with Gasteiger partial charge in [0, 0.05) is 31.6 Å². The lowest BCUT2D eigenvalue weighted by atomic mass is 10.2. The highest BCUT2D eigenvalue weighted by Gasteiger charge is 2.33. The van der Waals surface area contributed by atoms with Crippen LogP contribution in [0.3, 0.4) is 0 Å². The van der Waals surface area contributed by atoms with Gasteiger partial charge in [0.15, 0.2) is 9.84 Å². The number of hydrogen-bond acceptors (Lipinski definition) is 4. The molecule has 1 heterocycles.